The summed E-state index contributed by atoms with van der Waals surface area (Å²) in [6, 6.07) is 13.6. The SMILES string of the molecule is CCc1nn2c(-c3cccc(NC(=O)Nc4ccc5c(c4)OCO5)c3)ccnc2c1C(=O)O. The normalized spacial score (nSPS) is 12.0. The minimum Gasteiger partial charge on any atom is -0.477 e. The van der Waals surface area contributed by atoms with Crippen LogP contribution in [0.2, 0.25) is 0 Å². The van der Waals surface area contributed by atoms with Gasteiger partial charge in [0.05, 0.1) is 11.4 Å². The second kappa shape index (κ2) is 8.15. The topological polar surface area (TPSA) is 127 Å². The third-order valence-corrected chi connectivity index (χ3v) is 5.19. The monoisotopic (exact) mass is 445 g/mol. The first kappa shape index (κ1) is 20.3. The summed E-state index contributed by atoms with van der Waals surface area (Å²) in [6.45, 7) is 2.00. The number of carboxylic acids is 1. The number of rotatable bonds is 5. The number of ether oxygens (including phenoxy) is 2. The van der Waals surface area contributed by atoms with Crippen LogP contribution in [0.25, 0.3) is 16.9 Å². The summed E-state index contributed by atoms with van der Waals surface area (Å²) in [5.74, 6) is 0.137. The van der Waals surface area contributed by atoms with Gasteiger partial charge in [0.1, 0.15) is 5.56 Å². The number of nitrogens with zero attached hydrogens (tertiary/aromatic N) is 3. The molecule has 3 N–H and O–H groups in total. The molecule has 3 heterocycles. The highest BCUT2D eigenvalue weighted by atomic mass is 16.7. The molecule has 4 aromatic rings. The van der Waals surface area contributed by atoms with E-state index in [0.717, 1.165) is 5.56 Å². The first-order chi connectivity index (χ1) is 16.0. The number of fused-ring (bicyclic) bond motifs is 2. The van der Waals surface area contributed by atoms with Crippen molar-refractivity contribution in [2.75, 3.05) is 17.4 Å². The molecule has 10 nitrogen and oxygen atoms in total. The molecule has 2 aromatic carbocycles. The number of urea groups is 1. The van der Waals surface area contributed by atoms with E-state index in [9.17, 15) is 14.7 Å². The average molecular weight is 445 g/mol. The second-order valence-electron chi connectivity index (χ2n) is 7.27. The quantitative estimate of drug-likeness (QED) is 0.423. The summed E-state index contributed by atoms with van der Waals surface area (Å²) in [4.78, 5) is 28.5. The summed E-state index contributed by atoms with van der Waals surface area (Å²) in [6.07, 6.45) is 2.01. The lowest BCUT2D eigenvalue weighted by atomic mass is 10.1. The number of anilines is 2. The number of benzene rings is 2. The van der Waals surface area contributed by atoms with Gasteiger partial charge in [0.2, 0.25) is 6.79 Å². The van der Waals surface area contributed by atoms with Crippen molar-refractivity contribution >= 4 is 29.0 Å². The molecule has 0 radical (unpaired) electrons. The highest BCUT2D eigenvalue weighted by Crippen LogP contribution is 2.34. The van der Waals surface area contributed by atoms with E-state index in [1.54, 1.807) is 48.7 Å². The molecular formula is C23H19N5O5. The van der Waals surface area contributed by atoms with E-state index in [4.69, 9.17) is 9.47 Å². The number of carboxylic acid groups (broad SMARTS) is 1. The molecule has 0 fully saturated rings. The van der Waals surface area contributed by atoms with E-state index >= 15 is 0 Å². The molecule has 33 heavy (non-hydrogen) atoms. The Labute approximate surface area is 187 Å². The van der Waals surface area contributed by atoms with Crippen molar-refractivity contribution in [2.45, 2.75) is 13.3 Å². The fourth-order valence-corrected chi connectivity index (χ4v) is 3.70. The molecule has 0 spiro atoms. The molecule has 2 amide bonds. The maximum atomic E-state index is 12.5. The van der Waals surface area contributed by atoms with Gasteiger partial charge in [0.25, 0.3) is 0 Å². The zero-order valence-corrected chi connectivity index (χ0v) is 17.5. The van der Waals surface area contributed by atoms with Gasteiger partial charge in [-0.05, 0) is 36.8 Å². The van der Waals surface area contributed by atoms with Gasteiger partial charge in [-0.3, -0.25) is 0 Å². The molecule has 1 aliphatic rings. The summed E-state index contributed by atoms with van der Waals surface area (Å²) < 4.78 is 12.1. The predicted molar refractivity (Wildman–Crippen MR) is 120 cm³/mol. The fraction of sp³-hybridized carbons (Fsp3) is 0.130. The maximum absolute atomic E-state index is 12.5. The van der Waals surface area contributed by atoms with Crippen LogP contribution in [0.15, 0.2) is 54.7 Å². The zero-order valence-electron chi connectivity index (χ0n) is 17.5. The number of carbonyl (C=O) groups excluding carboxylic acids is 1. The second-order valence-corrected chi connectivity index (χ2v) is 7.27. The smallest absolute Gasteiger partial charge is 0.341 e. The lowest BCUT2D eigenvalue weighted by molar-refractivity contribution is 0.0697. The number of hydrogen-bond donors (Lipinski definition) is 3. The molecule has 166 valence electrons. The van der Waals surface area contributed by atoms with E-state index in [2.05, 4.69) is 20.7 Å². The van der Waals surface area contributed by atoms with Gasteiger partial charge in [-0.25, -0.2) is 19.1 Å². The summed E-state index contributed by atoms with van der Waals surface area (Å²) >= 11 is 0. The average Bonchev–Trinajstić information content (AvgIpc) is 3.42. The molecule has 0 bridgehead atoms. The fourth-order valence-electron chi connectivity index (χ4n) is 3.70. The van der Waals surface area contributed by atoms with Gasteiger partial charge >= 0.3 is 12.0 Å². The van der Waals surface area contributed by atoms with E-state index in [1.165, 1.54) is 4.52 Å². The van der Waals surface area contributed by atoms with Gasteiger partial charge in [0.15, 0.2) is 17.1 Å². The van der Waals surface area contributed by atoms with Crippen LogP contribution in [0.4, 0.5) is 16.2 Å². The highest BCUT2D eigenvalue weighted by Gasteiger charge is 2.21. The van der Waals surface area contributed by atoms with Crippen molar-refractivity contribution in [3.05, 3.63) is 66.0 Å². The lowest BCUT2D eigenvalue weighted by Gasteiger charge is -2.10. The molecule has 2 aromatic heterocycles. The van der Waals surface area contributed by atoms with Crippen molar-refractivity contribution in [1.29, 1.82) is 0 Å². The lowest BCUT2D eigenvalue weighted by Crippen LogP contribution is -2.19. The largest absolute Gasteiger partial charge is 0.477 e. The van der Waals surface area contributed by atoms with Crippen LogP contribution < -0.4 is 20.1 Å². The number of nitrogens with one attached hydrogen (secondary N) is 2. The van der Waals surface area contributed by atoms with E-state index in [1.807, 2.05) is 13.0 Å². The Kier molecular flexibility index (Phi) is 5.02. The van der Waals surface area contributed by atoms with Crippen molar-refractivity contribution < 1.29 is 24.2 Å². The van der Waals surface area contributed by atoms with Crippen molar-refractivity contribution in [3.8, 4) is 22.8 Å². The van der Waals surface area contributed by atoms with Crippen LogP contribution in [0.1, 0.15) is 23.0 Å². The number of aromatic nitrogens is 3. The number of carbonyl (C=O) groups is 2. The molecule has 0 saturated carbocycles. The molecule has 0 unspecified atom stereocenters. The Morgan fingerprint density at radius 2 is 1.85 bits per heavy atom. The van der Waals surface area contributed by atoms with Crippen molar-refractivity contribution in [2.24, 2.45) is 0 Å². The van der Waals surface area contributed by atoms with Crippen LogP contribution in [0.5, 0.6) is 11.5 Å². The van der Waals surface area contributed by atoms with Crippen LogP contribution in [-0.4, -0.2) is 38.5 Å². The van der Waals surface area contributed by atoms with Crippen molar-refractivity contribution in [1.82, 2.24) is 14.6 Å². The highest BCUT2D eigenvalue weighted by molar-refractivity contribution is 6.00. The standard InChI is InChI=1S/C23H19N5O5/c1-2-16-20(22(29)30)21-24-9-8-17(28(21)27-16)13-4-3-5-14(10-13)25-23(31)26-15-6-7-18-19(11-15)33-12-32-18/h3-11H,2,12H2,1H3,(H,29,30)(H2,25,26,31). The molecule has 5 rings (SSSR count). The van der Waals surface area contributed by atoms with E-state index in [0.29, 0.717) is 40.7 Å². The molecule has 0 aliphatic carbocycles. The summed E-state index contributed by atoms with van der Waals surface area (Å²) in [7, 11) is 0. The third-order valence-electron chi connectivity index (χ3n) is 5.19. The first-order valence-electron chi connectivity index (χ1n) is 10.2. The van der Waals surface area contributed by atoms with E-state index < -0.39 is 12.0 Å². The third kappa shape index (κ3) is 3.78. The van der Waals surface area contributed by atoms with Gasteiger partial charge in [0, 0.05) is 29.2 Å². The molecule has 0 saturated heterocycles. The number of aryl methyl sites for hydroxylation is 1. The maximum Gasteiger partial charge on any atom is 0.341 e. The Hall–Kier alpha value is -4.60. The number of aromatic carboxylic acids is 1. The van der Waals surface area contributed by atoms with Gasteiger partial charge in [-0.1, -0.05) is 19.1 Å². The predicted octanol–water partition coefficient (Wildman–Crippen LogP) is 4.03. The molecule has 10 heteroatoms. The van der Waals surface area contributed by atoms with Gasteiger partial charge < -0.3 is 25.2 Å². The van der Waals surface area contributed by atoms with E-state index in [-0.39, 0.29) is 18.0 Å². The summed E-state index contributed by atoms with van der Waals surface area (Å²) in [5, 5.41) is 19.6. The van der Waals surface area contributed by atoms with Gasteiger partial charge in [-0.15, -0.1) is 0 Å². The van der Waals surface area contributed by atoms with Gasteiger partial charge in [-0.2, -0.15) is 5.10 Å². The van der Waals surface area contributed by atoms with Crippen LogP contribution >= 0.6 is 0 Å². The number of amides is 2. The minimum atomic E-state index is -1.07. The number of hydrogen-bond acceptors (Lipinski definition) is 6. The molecular weight excluding hydrogens is 426 g/mol. The molecule has 1 aliphatic heterocycles. The van der Waals surface area contributed by atoms with Crippen molar-refractivity contribution in [3.63, 3.8) is 0 Å². The van der Waals surface area contributed by atoms with Crippen LogP contribution in [0.3, 0.4) is 0 Å². The first-order valence-corrected chi connectivity index (χ1v) is 10.2. The minimum absolute atomic E-state index is 0.0942. The Balaban J connectivity index is 1.41. The Bertz CT molecular complexity index is 1400. The van der Waals surface area contributed by atoms with Crippen LogP contribution in [-0.2, 0) is 6.42 Å². The Morgan fingerprint density at radius 3 is 2.64 bits per heavy atom. The Morgan fingerprint density at radius 1 is 1.06 bits per heavy atom. The van der Waals surface area contributed by atoms with Crippen LogP contribution in [0, 0.1) is 0 Å². The summed E-state index contributed by atoms with van der Waals surface area (Å²) in [5.41, 5.74) is 3.34. The molecule has 0 atom stereocenters. The zero-order chi connectivity index (χ0) is 22.9.